The Kier molecular flexibility index (Phi) is 4.03. The van der Waals surface area contributed by atoms with Gasteiger partial charge in [-0.1, -0.05) is 24.3 Å². The number of nitrogens with two attached hydrogens (primary N) is 1. The molecule has 0 aromatic heterocycles. The molecule has 2 aromatic carbocycles. The lowest BCUT2D eigenvalue weighted by molar-refractivity contribution is 0.0600. The lowest BCUT2D eigenvalue weighted by Crippen LogP contribution is -2.02. The number of para-hydroxylation sites is 2. The van der Waals surface area contributed by atoms with Crippen molar-refractivity contribution in [3.05, 3.63) is 59.7 Å². The van der Waals surface area contributed by atoms with Gasteiger partial charge in [0.05, 0.1) is 18.4 Å². The van der Waals surface area contributed by atoms with Gasteiger partial charge in [0, 0.05) is 0 Å². The highest BCUT2D eigenvalue weighted by Gasteiger charge is 2.05. The van der Waals surface area contributed by atoms with E-state index in [4.69, 9.17) is 10.5 Å². The predicted molar refractivity (Wildman–Crippen MR) is 73.0 cm³/mol. The number of ether oxygens (including phenoxy) is 2. The molecule has 4 heteroatoms. The molecule has 4 nitrogen and oxygen atoms in total. The molecule has 0 saturated heterocycles. The van der Waals surface area contributed by atoms with Crippen LogP contribution < -0.4 is 10.5 Å². The van der Waals surface area contributed by atoms with E-state index >= 15 is 0 Å². The van der Waals surface area contributed by atoms with E-state index in [2.05, 4.69) is 4.74 Å². The molecule has 0 bridgehead atoms. The van der Waals surface area contributed by atoms with Crippen LogP contribution in [-0.2, 0) is 11.3 Å². The van der Waals surface area contributed by atoms with Crippen molar-refractivity contribution in [1.82, 2.24) is 0 Å². The van der Waals surface area contributed by atoms with Gasteiger partial charge < -0.3 is 15.2 Å². The fourth-order valence-electron chi connectivity index (χ4n) is 1.63. The fraction of sp³-hybridized carbons (Fsp3) is 0.133. The molecule has 0 fully saturated rings. The van der Waals surface area contributed by atoms with Gasteiger partial charge in [-0.2, -0.15) is 0 Å². The Morgan fingerprint density at radius 3 is 2.42 bits per heavy atom. The first-order valence-corrected chi connectivity index (χ1v) is 5.85. The Bertz CT molecular complexity index is 564. The molecular formula is C15H15NO3. The van der Waals surface area contributed by atoms with E-state index in [1.54, 1.807) is 18.2 Å². The molecule has 0 aliphatic heterocycles. The highest BCUT2D eigenvalue weighted by molar-refractivity contribution is 5.89. The number of esters is 1. The van der Waals surface area contributed by atoms with Crippen molar-refractivity contribution in [2.45, 2.75) is 6.61 Å². The predicted octanol–water partition coefficient (Wildman–Crippen LogP) is 2.63. The van der Waals surface area contributed by atoms with E-state index in [1.165, 1.54) is 7.11 Å². The minimum absolute atomic E-state index is 0.347. The average molecular weight is 257 g/mol. The maximum atomic E-state index is 11.3. The second-order valence-electron chi connectivity index (χ2n) is 4.02. The molecule has 19 heavy (non-hydrogen) atoms. The zero-order chi connectivity index (χ0) is 13.7. The Labute approximate surface area is 111 Å². The van der Waals surface area contributed by atoms with Crippen LogP contribution in [0.3, 0.4) is 0 Å². The van der Waals surface area contributed by atoms with Gasteiger partial charge in [0.2, 0.25) is 0 Å². The van der Waals surface area contributed by atoms with Gasteiger partial charge in [0.1, 0.15) is 12.4 Å². The number of rotatable bonds is 4. The van der Waals surface area contributed by atoms with Gasteiger partial charge in [-0.05, 0) is 29.8 Å². The van der Waals surface area contributed by atoms with Gasteiger partial charge in [-0.25, -0.2) is 4.79 Å². The number of anilines is 1. The maximum Gasteiger partial charge on any atom is 0.337 e. The van der Waals surface area contributed by atoms with E-state index in [-0.39, 0.29) is 5.97 Å². The van der Waals surface area contributed by atoms with Crippen LogP contribution in [0.25, 0.3) is 0 Å². The maximum absolute atomic E-state index is 11.3. The summed E-state index contributed by atoms with van der Waals surface area (Å²) in [6.07, 6.45) is 0. The van der Waals surface area contributed by atoms with E-state index < -0.39 is 0 Å². The molecule has 2 rings (SSSR count). The second-order valence-corrected chi connectivity index (χ2v) is 4.02. The minimum Gasteiger partial charge on any atom is -0.487 e. The van der Waals surface area contributed by atoms with E-state index in [0.717, 1.165) is 5.56 Å². The summed E-state index contributed by atoms with van der Waals surface area (Å²) in [4.78, 5) is 11.3. The Hall–Kier alpha value is -2.49. The Morgan fingerprint density at radius 2 is 1.79 bits per heavy atom. The SMILES string of the molecule is COC(=O)c1ccc(COc2ccccc2N)cc1. The normalized spacial score (nSPS) is 9.95. The smallest absolute Gasteiger partial charge is 0.337 e. The van der Waals surface area contributed by atoms with Crippen molar-refractivity contribution in [3.8, 4) is 5.75 Å². The molecule has 0 radical (unpaired) electrons. The van der Waals surface area contributed by atoms with Crippen molar-refractivity contribution in [1.29, 1.82) is 0 Å². The molecule has 0 spiro atoms. The molecule has 0 heterocycles. The minimum atomic E-state index is -0.347. The number of benzene rings is 2. The van der Waals surface area contributed by atoms with Crippen molar-refractivity contribution < 1.29 is 14.3 Å². The summed E-state index contributed by atoms with van der Waals surface area (Å²) in [7, 11) is 1.36. The van der Waals surface area contributed by atoms with Gasteiger partial charge in [-0.3, -0.25) is 0 Å². The van der Waals surface area contributed by atoms with Crippen LogP contribution in [0.1, 0.15) is 15.9 Å². The number of hydrogen-bond donors (Lipinski definition) is 1. The lowest BCUT2D eigenvalue weighted by atomic mass is 10.1. The number of carbonyl (C=O) groups is 1. The van der Waals surface area contributed by atoms with Crippen LogP contribution in [0.5, 0.6) is 5.75 Å². The van der Waals surface area contributed by atoms with Gasteiger partial charge in [0.15, 0.2) is 0 Å². The summed E-state index contributed by atoms with van der Waals surface area (Å²) >= 11 is 0. The fourth-order valence-corrected chi connectivity index (χ4v) is 1.63. The third-order valence-corrected chi connectivity index (χ3v) is 2.69. The quantitative estimate of drug-likeness (QED) is 0.675. The monoisotopic (exact) mass is 257 g/mol. The van der Waals surface area contributed by atoms with E-state index in [1.807, 2.05) is 30.3 Å². The van der Waals surface area contributed by atoms with Crippen LogP contribution in [-0.4, -0.2) is 13.1 Å². The summed E-state index contributed by atoms with van der Waals surface area (Å²) in [5, 5.41) is 0. The molecule has 0 amide bonds. The van der Waals surface area contributed by atoms with Crippen LogP contribution in [0, 0.1) is 0 Å². The van der Waals surface area contributed by atoms with Crippen LogP contribution in [0.2, 0.25) is 0 Å². The van der Waals surface area contributed by atoms with E-state index in [0.29, 0.717) is 23.6 Å². The molecule has 2 N–H and O–H groups in total. The van der Waals surface area contributed by atoms with Gasteiger partial charge in [-0.15, -0.1) is 0 Å². The number of carbonyl (C=O) groups excluding carboxylic acids is 1. The number of methoxy groups -OCH3 is 1. The second kappa shape index (κ2) is 5.91. The largest absolute Gasteiger partial charge is 0.487 e. The summed E-state index contributed by atoms with van der Waals surface area (Å²) in [5.74, 6) is 0.305. The van der Waals surface area contributed by atoms with Crippen molar-refractivity contribution in [3.63, 3.8) is 0 Å². The summed E-state index contributed by atoms with van der Waals surface area (Å²) in [5.41, 5.74) is 7.86. The van der Waals surface area contributed by atoms with E-state index in [9.17, 15) is 4.79 Å². The molecule has 0 unspecified atom stereocenters. The Balaban J connectivity index is 2.01. The van der Waals surface area contributed by atoms with Crippen molar-refractivity contribution in [2.75, 3.05) is 12.8 Å². The van der Waals surface area contributed by atoms with Crippen LogP contribution >= 0.6 is 0 Å². The number of hydrogen-bond acceptors (Lipinski definition) is 4. The first kappa shape index (κ1) is 13.0. The van der Waals surface area contributed by atoms with Crippen molar-refractivity contribution in [2.24, 2.45) is 0 Å². The highest BCUT2D eigenvalue weighted by atomic mass is 16.5. The van der Waals surface area contributed by atoms with Crippen molar-refractivity contribution >= 4 is 11.7 Å². The molecule has 98 valence electrons. The molecule has 0 saturated carbocycles. The first-order valence-electron chi connectivity index (χ1n) is 5.85. The van der Waals surface area contributed by atoms with Gasteiger partial charge in [0.25, 0.3) is 0 Å². The zero-order valence-electron chi connectivity index (χ0n) is 10.6. The van der Waals surface area contributed by atoms with Crippen LogP contribution in [0.4, 0.5) is 5.69 Å². The molecule has 0 aliphatic carbocycles. The summed E-state index contributed by atoms with van der Waals surface area (Å²) < 4.78 is 10.2. The molecule has 0 aliphatic rings. The third kappa shape index (κ3) is 3.25. The summed E-state index contributed by atoms with van der Waals surface area (Å²) in [6, 6.07) is 14.4. The summed E-state index contributed by atoms with van der Waals surface area (Å²) in [6.45, 7) is 0.398. The third-order valence-electron chi connectivity index (χ3n) is 2.69. The number of nitrogen functional groups attached to an aromatic ring is 1. The first-order chi connectivity index (χ1) is 9.20. The topological polar surface area (TPSA) is 61.5 Å². The molecule has 2 aromatic rings. The standard InChI is InChI=1S/C15H15NO3/c1-18-15(17)12-8-6-11(7-9-12)10-19-14-5-3-2-4-13(14)16/h2-9H,10,16H2,1H3. The average Bonchev–Trinajstić information content (AvgIpc) is 2.46. The zero-order valence-corrected chi connectivity index (χ0v) is 10.6. The van der Waals surface area contributed by atoms with Gasteiger partial charge >= 0.3 is 5.97 Å². The molecule has 0 atom stereocenters. The molecular weight excluding hydrogens is 242 g/mol. The highest BCUT2D eigenvalue weighted by Crippen LogP contribution is 2.21. The van der Waals surface area contributed by atoms with Crippen LogP contribution in [0.15, 0.2) is 48.5 Å². The lowest BCUT2D eigenvalue weighted by Gasteiger charge is -2.08. The Morgan fingerprint density at radius 1 is 1.11 bits per heavy atom.